The lowest BCUT2D eigenvalue weighted by Crippen LogP contribution is -2.30. The van der Waals surface area contributed by atoms with Crippen LogP contribution in [0.25, 0.3) is 0 Å². The first kappa shape index (κ1) is 18.1. The average molecular weight is 293 g/mol. The van der Waals surface area contributed by atoms with Gasteiger partial charge in [-0.1, -0.05) is 59.7 Å². The van der Waals surface area contributed by atoms with Gasteiger partial charge in [0.25, 0.3) is 0 Å². The Labute approximate surface area is 129 Å². The maximum atomic E-state index is 10.4. The van der Waals surface area contributed by atoms with Crippen molar-refractivity contribution in [3.05, 3.63) is 34.9 Å². The van der Waals surface area contributed by atoms with Crippen LogP contribution in [0.4, 0.5) is 0 Å². The molecule has 1 aromatic carbocycles. The van der Waals surface area contributed by atoms with Crippen LogP contribution in [-0.2, 0) is 10.8 Å². The fourth-order valence-corrected chi connectivity index (χ4v) is 2.23. The molecule has 0 spiro atoms. The fraction of sp³-hybridized carbons (Fsp3) is 0.667. The maximum absolute atomic E-state index is 10.4. The van der Waals surface area contributed by atoms with E-state index in [0.29, 0.717) is 6.54 Å². The van der Waals surface area contributed by atoms with Gasteiger partial charge in [0, 0.05) is 6.54 Å². The zero-order chi connectivity index (χ0) is 16.4. The summed E-state index contributed by atoms with van der Waals surface area (Å²) in [5.41, 5.74) is 3.16. The molecule has 0 amide bonds. The molecular weight excluding hydrogens is 262 g/mol. The van der Waals surface area contributed by atoms with Crippen LogP contribution in [0, 0.1) is 0 Å². The molecule has 3 heteroatoms. The SMILES string of the molecule is CNCC(O)C(O)c1cc(C(C)(C)C)cc(C(C)(C)C)c1. The molecule has 0 aliphatic rings. The fourth-order valence-electron chi connectivity index (χ4n) is 2.23. The van der Waals surface area contributed by atoms with Crippen molar-refractivity contribution in [2.24, 2.45) is 0 Å². The Morgan fingerprint density at radius 1 is 0.905 bits per heavy atom. The average Bonchev–Trinajstić information content (AvgIpc) is 2.35. The quantitative estimate of drug-likeness (QED) is 0.800. The van der Waals surface area contributed by atoms with E-state index in [1.165, 1.54) is 11.1 Å². The number of nitrogens with one attached hydrogen (secondary N) is 1. The summed E-state index contributed by atoms with van der Waals surface area (Å²) in [6, 6.07) is 6.23. The van der Waals surface area contributed by atoms with E-state index < -0.39 is 12.2 Å². The number of aliphatic hydroxyl groups excluding tert-OH is 2. The highest BCUT2D eigenvalue weighted by Gasteiger charge is 2.24. The molecule has 3 N–H and O–H groups in total. The van der Waals surface area contributed by atoms with E-state index >= 15 is 0 Å². The standard InChI is InChI=1S/C18H31NO2/c1-17(2,3)13-8-12(16(21)15(20)11-19-7)9-14(10-13)18(4,5)6/h8-10,15-16,19-21H,11H2,1-7H3. The second-order valence-electron chi connectivity index (χ2n) is 7.91. The van der Waals surface area contributed by atoms with Crippen molar-refractivity contribution in [2.75, 3.05) is 13.6 Å². The first-order valence-electron chi connectivity index (χ1n) is 7.63. The van der Waals surface area contributed by atoms with Gasteiger partial charge in [0.2, 0.25) is 0 Å². The molecule has 0 radical (unpaired) electrons. The highest BCUT2D eigenvalue weighted by molar-refractivity contribution is 5.38. The predicted molar refractivity (Wildman–Crippen MR) is 88.7 cm³/mol. The van der Waals surface area contributed by atoms with Crippen LogP contribution in [-0.4, -0.2) is 29.9 Å². The van der Waals surface area contributed by atoms with Gasteiger partial charge >= 0.3 is 0 Å². The van der Waals surface area contributed by atoms with Gasteiger partial charge in [-0.05, 0) is 34.6 Å². The lowest BCUT2D eigenvalue weighted by atomic mass is 9.79. The molecule has 0 aliphatic heterocycles. The Morgan fingerprint density at radius 2 is 1.33 bits per heavy atom. The summed E-state index contributed by atoms with van der Waals surface area (Å²) in [5, 5.41) is 23.4. The first-order valence-corrected chi connectivity index (χ1v) is 7.63. The van der Waals surface area contributed by atoms with Crippen LogP contribution in [0.1, 0.15) is 64.3 Å². The van der Waals surface area contributed by atoms with E-state index in [0.717, 1.165) is 5.56 Å². The van der Waals surface area contributed by atoms with Gasteiger partial charge < -0.3 is 15.5 Å². The van der Waals surface area contributed by atoms with Crippen LogP contribution >= 0.6 is 0 Å². The highest BCUT2D eigenvalue weighted by Crippen LogP contribution is 2.32. The monoisotopic (exact) mass is 293 g/mol. The molecule has 2 atom stereocenters. The van der Waals surface area contributed by atoms with Crippen LogP contribution in [0.15, 0.2) is 18.2 Å². The molecule has 2 unspecified atom stereocenters. The third-order valence-electron chi connectivity index (χ3n) is 3.81. The predicted octanol–water partition coefficient (Wildman–Crippen LogP) is 2.90. The minimum atomic E-state index is -0.874. The second-order valence-corrected chi connectivity index (χ2v) is 7.91. The minimum Gasteiger partial charge on any atom is -0.389 e. The van der Waals surface area contributed by atoms with Crippen molar-refractivity contribution in [3.63, 3.8) is 0 Å². The molecule has 21 heavy (non-hydrogen) atoms. The third kappa shape index (κ3) is 4.80. The summed E-state index contributed by atoms with van der Waals surface area (Å²) in [6.07, 6.45) is -1.68. The van der Waals surface area contributed by atoms with Gasteiger partial charge in [0.05, 0.1) is 6.10 Å². The maximum Gasteiger partial charge on any atom is 0.106 e. The van der Waals surface area contributed by atoms with E-state index in [2.05, 4.69) is 52.9 Å². The Hall–Kier alpha value is -0.900. The van der Waals surface area contributed by atoms with Gasteiger partial charge in [-0.2, -0.15) is 0 Å². The van der Waals surface area contributed by atoms with Crippen molar-refractivity contribution >= 4 is 0 Å². The molecule has 1 rings (SSSR count). The van der Waals surface area contributed by atoms with Crippen LogP contribution in [0.3, 0.4) is 0 Å². The van der Waals surface area contributed by atoms with Gasteiger partial charge in [-0.3, -0.25) is 0 Å². The third-order valence-corrected chi connectivity index (χ3v) is 3.81. The zero-order valence-corrected chi connectivity index (χ0v) is 14.5. The van der Waals surface area contributed by atoms with Crippen molar-refractivity contribution in [3.8, 4) is 0 Å². The summed E-state index contributed by atoms with van der Waals surface area (Å²) in [6.45, 7) is 13.3. The van der Waals surface area contributed by atoms with E-state index in [1.54, 1.807) is 7.05 Å². The van der Waals surface area contributed by atoms with E-state index in [-0.39, 0.29) is 10.8 Å². The van der Waals surface area contributed by atoms with E-state index in [4.69, 9.17) is 0 Å². The minimum absolute atomic E-state index is 0.00366. The molecular formula is C18H31NO2. The Kier molecular flexibility index (Phi) is 5.59. The second kappa shape index (κ2) is 6.47. The Bertz CT molecular complexity index is 437. The smallest absolute Gasteiger partial charge is 0.106 e. The van der Waals surface area contributed by atoms with E-state index in [1.807, 2.05) is 12.1 Å². The summed E-state index contributed by atoms with van der Waals surface area (Å²) >= 11 is 0. The van der Waals surface area contributed by atoms with Crippen molar-refractivity contribution in [1.29, 1.82) is 0 Å². The lowest BCUT2D eigenvalue weighted by molar-refractivity contribution is 0.0201. The van der Waals surface area contributed by atoms with Crippen molar-refractivity contribution in [2.45, 2.75) is 64.6 Å². The summed E-state index contributed by atoms with van der Waals surface area (Å²) in [5.74, 6) is 0. The number of hydrogen-bond acceptors (Lipinski definition) is 3. The van der Waals surface area contributed by atoms with Gasteiger partial charge in [-0.15, -0.1) is 0 Å². The molecule has 1 aromatic rings. The van der Waals surface area contributed by atoms with Crippen molar-refractivity contribution < 1.29 is 10.2 Å². The molecule has 0 aromatic heterocycles. The largest absolute Gasteiger partial charge is 0.389 e. The van der Waals surface area contributed by atoms with Gasteiger partial charge in [-0.25, -0.2) is 0 Å². The molecule has 0 aliphatic carbocycles. The molecule has 0 heterocycles. The number of aliphatic hydroxyl groups is 2. The van der Waals surface area contributed by atoms with Gasteiger partial charge in [0.15, 0.2) is 0 Å². The Morgan fingerprint density at radius 3 is 1.67 bits per heavy atom. The molecule has 0 saturated carbocycles. The topological polar surface area (TPSA) is 52.5 Å². The number of likely N-dealkylation sites (N-methyl/N-ethyl adjacent to an activating group) is 1. The molecule has 0 bridgehead atoms. The van der Waals surface area contributed by atoms with Crippen molar-refractivity contribution in [1.82, 2.24) is 5.32 Å². The Balaban J connectivity index is 3.32. The number of rotatable bonds is 4. The van der Waals surface area contributed by atoms with Crippen LogP contribution in [0.5, 0.6) is 0 Å². The normalized spacial score (nSPS) is 15.9. The van der Waals surface area contributed by atoms with Crippen LogP contribution < -0.4 is 5.32 Å². The lowest BCUT2D eigenvalue weighted by Gasteiger charge is -2.28. The van der Waals surface area contributed by atoms with Crippen LogP contribution in [0.2, 0.25) is 0 Å². The highest BCUT2D eigenvalue weighted by atomic mass is 16.3. The number of benzene rings is 1. The summed E-state index contributed by atoms with van der Waals surface area (Å²) in [7, 11) is 1.77. The molecule has 120 valence electrons. The summed E-state index contributed by atoms with van der Waals surface area (Å²) in [4.78, 5) is 0. The molecule has 0 fully saturated rings. The zero-order valence-electron chi connectivity index (χ0n) is 14.5. The summed E-state index contributed by atoms with van der Waals surface area (Å²) < 4.78 is 0. The molecule has 3 nitrogen and oxygen atoms in total. The number of hydrogen-bond donors (Lipinski definition) is 3. The molecule has 0 saturated heterocycles. The van der Waals surface area contributed by atoms with Gasteiger partial charge in [0.1, 0.15) is 6.10 Å². The van der Waals surface area contributed by atoms with E-state index in [9.17, 15) is 10.2 Å². The first-order chi connectivity index (χ1) is 9.46.